The van der Waals surface area contributed by atoms with Gasteiger partial charge in [0.25, 0.3) is 0 Å². The molecule has 0 radical (unpaired) electrons. The molecule has 3 aromatic rings. The van der Waals surface area contributed by atoms with Crippen molar-refractivity contribution in [3.8, 4) is 0 Å². The molecule has 0 amide bonds. The highest BCUT2D eigenvalue weighted by molar-refractivity contribution is 5.94. The van der Waals surface area contributed by atoms with E-state index in [0.29, 0.717) is 5.57 Å². The number of carbonyl (C=O) groups excluding carboxylic acids is 1. The summed E-state index contributed by atoms with van der Waals surface area (Å²) >= 11 is 0. The molecule has 1 atom stereocenters. The minimum atomic E-state index is -0.704. The van der Waals surface area contributed by atoms with Crippen molar-refractivity contribution < 1.29 is 9.53 Å². The third-order valence-corrected chi connectivity index (χ3v) is 6.30. The van der Waals surface area contributed by atoms with Crippen LogP contribution in [0.25, 0.3) is 0 Å². The molecule has 0 saturated heterocycles. The van der Waals surface area contributed by atoms with Gasteiger partial charge in [-0.05, 0) is 23.6 Å². The Morgan fingerprint density at radius 2 is 1.32 bits per heavy atom. The van der Waals surface area contributed by atoms with Gasteiger partial charge in [0.2, 0.25) is 0 Å². The summed E-state index contributed by atoms with van der Waals surface area (Å²) in [6, 6.07) is 31.0. The summed E-state index contributed by atoms with van der Waals surface area (Å²) in [5, 5.41) is 0. The highest BCUT2D eigenvalue weighted by Gasteiger charge is 2.55. The van der Waals surface area contributed by atoms with Gasteiger partial charge in [0.1, 0.15) is 6.61 Å². The molecule has 1 aliphatic rings. The molecular formula is C29H26O2. The van der Waals surface area contributed by atoms with Crippen LogP contribution >= 0.6 is 0 Å². The number of carbonyl (C=O) groups is 1. The van der Waals surface area contributed by atoms with E-state index in [-0.39, 0.29) is 12.6 Å². The largest absolute Gasteiger partial charge is 0.458 e. The Bertz CT molecular complexity index is 1070. The molecule has 1 unspecified atom stereocenters. The van der Waals surface area contributed by atoms with Crippen molar-refractivity contribution >= 4 is 5.97 Å². The van der Waals surface area contributed by atoms with Crippen molar-refractivity contribution in [1.82, 2.24) is 0 Å². The monoisotopic (exact) mass is 406 g/mol. The SMILES string of the molecule is C=CCOC(=O)C1=CC=CC(c2ccccc2)(c2ccccc2)C1(C)c1ccccc1. The first kappa shape index (κ1) is 20.6. The first-order valence-corrected chi connectivity index (χ1v) is 10.5. The molecule has 0 bridgehead atoms. The van der Waals surface area contributed by atoms with Crippen LogP contribution < -0.4 is 0 Å². The van der Waals surface area contributed by atoms with Gasteiger partial charge in [0.05, 0.1) is 5.41 Å². The quantitative estimate of drug-likeness (QED) is 0.362. The summed E-state index contributed by atoms with van der Waals surface area (Å²) in [6.45, 7) is 6.01. The molecule has 0 heterocycles. The van der Waals surface area contributed by atoms with Gasteiger partial charge in [-0.25, -0.2) is 4.79 Å². The standard InChI is InChI=1S/C29H26O2/c1-3-22-31-27(30)26-20-13-21-29(24-16-9-5-10-17-24,25-18-11-6-12-19-25)28(26,2)23-14-7-4-8-15-23/h3-21H,1,22H2,2H3. The van der Waals surface area contributed by atoms with Crippen LogP contribution in [-0.2, 0) is 20.4 Å². The van der Waals surface area contributed by atoms with Crippen LogP contribution in [0, 0.1) is 0 Å². The predicted octanol–water partition coefficient (Wildman–Crippen LogP) is 6.16. The maximum absolute atomic E-state index is 13.3. The Kier molecular flexibility index (Phi) is 5.73. The molecular weight excluding hydrogens is 380 g/mol. The molecule has 3 aromatic carbocycles. The average Bonchev–Trinajstić information content (AvgIpc) is 2.84. The number of esters is 1. The summed E-state index contributed by atoms with van der Waals surface area (Å²) in [4.78, 5) is 13.3. The maximum atomic E-state index is 13.3. The van der Waals surface area contributed by atoms with Crippen LogP contribution in [0.4, 0.5) is 0 Å². The van der Waals surface area contributed by atoms with Crippen LogP contribution in [0.15, 0.2) is 127 Å². The third-order valence-electron chi connectivity index (χ3n) is 6.30. The van der Waals surface area contributed by atoms with Crippen LogP contribution in [0.3, 0.4) is 0 Å². The lowest BCUT2D eigenvalue weighted by Gasteiger charge is -2.50. The maximum Gasteiger partial charge on any atom is 0.335 e. The van der Waals surface area contributed by atoms with E-state index in [1.165, 1.54) is 0 Å². The first-order valence-electron chi connectivity index (χ1n) is 10.5. The fourth-order valence-electron chi connectivity index (χ4n) is 4.81. The van der Waals surface area contributed by atoms with Gasteiger partial charge < -0.3 is 4.74 Å². The number of rotatable bonds is 6. The summed E-state index contributed by atoms with van der Waals surface area (Å²) in [7, 11) is 0. The van der Waals surface area contributed by atoms with Gasteiger partial charge in [0, 0.05) is 11.0 Å². The molecule has 0 aliphatic heterocycles. The molecule has 154 valence electrons. The minimum absolute atomic E-state index is 0.175. The number of hydrogen-bond donors (Lipinski definition) is 0. The normalized spacial score (nSPS) is 19.3. The molecule has 2 nitrogen and oxygen atoms in total. The molecule has 0 spiro atoms. The molecule has 2 heteroatoms. The lowest BCUT2D eigenvalue weighted by molar-refractivity contribution is -0.138. The molecule has 1 aliphatic carbocycles. The first-order chi connectivity index (χ1) is 15.1. The van der Waals surface area contributed by atoms with Crippen molar-refractivity contribution in [1.29, 1.82) is 0 Å². The van der Waals surface area contributed by atoms with E-state index in [1.54, 1.807) is 6.08 Å². The summed E-state index contributed by atoms with van der Waals surface area (Å²) in [5.74, 6) is -0.327. The summed E-state index contributed by atoms with van der Waals surface area (Å²) in [6.07, 6.45) is 7.69. The predicted molar refractivity (Wildman–Crippen MR) is 126 cm³/mol. The lowest BCUT2D eigenvalue weighted by Crippen LogP contribution is -2.51. The Morgan fingerprint density at radius 1 is 0.839 bits per heavy atom. The van der Waals surface area contributed by atoms with Gasteiger partial charge in [-0.15, -0.1) is 0 Å². The van der Waals surface area contributed by atoms with E-state index in [9.17, 15) is 4.79 Å². The van der Waals surface area contributed by atoms with Crippen LogP contribution in [0.2, 0.25) is 0 Å². The second-order valence-electron chi connectivity index (χ2n) is 7.86. The number of hydrogen-bond acceptors (Lipinski definition) is 2. The Morgan fingerprint density at radius 3 is 1.81 bits per heavy atom. The Labute approximate surface area is 184 Å². The van der Waals surface area contributed by atoms with Crippen LogP contribution in [-0.4, -0.2) is 12.6 Å². The molecule has 0 saturated carbocycles. The zero-order valence-corrected chi connectivity index (χ0v) is 17.7. The van der Waals surface area contributed by atoms with E-state index < -0.39 is 10.8 Å². The number of allylic oxidation sites excluding steroid dienone is 3. The summed E-state index contributed by atoms with van der Waals surface area (Å²) in [5.41, 5.74) is 2.60. The highest BCUT2D eigenvalue weighted by Crippen LogP contribution is 2.55. The van der Waals surface area contributed by atoms with E-state index in [1.807, 2.05) is 66.7 Å². The second-order valence-corrected chi connectivity index (χ2v) is 7.86. The lowest BCUT2D eigenvalue weighted by atomic mass is 9.50. The Balaban J connectivity index is 2.06. The molecule has 4 rings (SSSR count). The van der Waals surface area contributed by atoms with E-state index >= 15 is 0 Å². The second kappa shape index (κ2) is 8.61. The fourth-order valence-corrected chi connectivity index (χ4v) is 4.81. The minimum Gasteiger partial charge on any atom is -0.458 e. The van der Waals surface area contributed by atoms with Crippen molar-refractivity contribution in [3.05, 3.63) is 144 Å². The van der Waals surface area contributed by atoms with Gasteiger partial charge in [0.15, 0.2) is 0 Å². The van der Waals surface area contributed by atoms with E-state index in [4.69, 9.17) is 4.74 Å². The summed E-state index contributed by atoms with van der Waals surface area (Å²) < 4.78 is 5.55. The van der Waals surface area contributed by atoms with Crippen molar-refractivity contribution in [3.63, 3.8) is 0 Å². The average molecular weight is 407 g/mol. The van der Waals surface area contributed by atoms with Crippen molar-refractivity contribution in [2.75, 3.05) is 6.61 Å². The van der Waals surface area contributed by atoms with Gasteiger partial charge >= 0.3 is 5.97 Å². The van der Waals surface area contributed by atoms with Gasteiger partial charge in [-0.1, -0.05) is 122 Å². The number of benzene rings is 3. The zero-order valence-electron chi connectivity index (χ0n) is 17.7. The topological polar surface area (TPSA) is 26.3 Å². The molecule has 0 N–H and O–H groups in total. The van der Waals surface area contributed by atoms with E-state index in [2.05, 4.69) is 56.0 Å². The van der Waals surface area contributed by atoms with Crippen LogP contribution in [0.1, 0.15) is 23.6 Å². The van der Waals surface area contributed by atoms with Crippen molar-refractivity contribution in [2.45, 2.75) is 17.8 Å². The third kappa shape index (κ3) is 3.34. The van der Waals surface area contributed by atoms with Gasteiger partial charge in [-0.2, -0.15) is 0 Å². The fraction of sp³-hybridized carbons (Fsp3) is 0.138. The molecule has 0 fully saturated rings. The number of ether oxygens (including phenoxy) is 1. The van der Waals surface area contributed by atoms with Gasteiger partial charge in [-0.3, -0.25) is 0 Å². The molecule has 0 aromatic heterocycles. The van der Waals surface area contributed by atoms with Crippen LogP contribution in [0.5, 0.6) is 0 Å². The van der Waals surface area contributed by atoms with Crippen molar-refractivity contribution in [2.24, 2.45) is 0 Å². The zero-order chi connectivity index (χ0) is 21.7. The highest BCUT2D eigenvalue weighted by atomic mass is 16.5. The van der Waals surface area contributed by atoms with E-state index in [0.717, 1.165) is 16.7 Å². The molecule has 31 heavy (non-hydrogen) atoms. The smallest absolute Gasteiger partial charge is 0.335 e. The Hall–Kier alpha value is -3.65.